The minimum Gasteiger partial charge on any atom is -0.481 e. The zero-order valence-corrected chi connectivity index (χ0v) is 31.3. The summed E-state index contributed by atoms with van der Waals surface area (Å²) in [4.78, 5) is 45.4. The number of H-pyrrole nitrogens is 2. The summed E-state index contributed by atoms with van der Waals surface area (Å²) >= 11 is 2.28. The third-order valence-electron chi connectivity index (χ3n) is 8.80. The predicted molar refractivity (Wildman–Crippen MR) is 227 cm³/mol. The van der Waals surface area contributed by atoms with Gasteiger partial charge in [-0.15, -0.1) is 0 Å². The number of halogens is 1. The number of nitrogens with one attached hydrogen (secondary N) is 2. The van der Waals surface area contributed by atoms with Crippen molar-refractivity contribution in [3.8, 4) is 11.3 Å². The minimum atomic E-state index is -1.50. The van der Waals surface area contributed by atoms with E-state index in [0.717, 1.165) is 82.4 Å². The summed E-state index contributed by atoms with van der Waals surface area (Å²) in [6.07, 6.45) is 3.41. The molecule has 2 aliphatic rings. The maximum atomic E-state index is 10.8. The summed E-state index contributed by atoms with van der Waals surface area (Å²) in [6.45, 7) is 6.58. The highest BCUT2D eigenvalue weighted by molar-refractivity contribution is 14.1. The Hall–Kier alpha value is -5.08. The average Bonchev–Trinajstić information content (AvgIpc) is 3.79. The summed E-state index contributed by atoms with van der Waals surface area (Å²) in [5.41, 5.74) is 6.71. The number of hydrogen-bond acceptors (Lipinski definition) is 11. The molecule has 2 aromatic carbocycles. The van der Waals surface area contributed by atoms with E-state index in [-0.39, 0.29) is 27.7 Å². The zero-order chi connectivity index (χ0) is 38.0. The number of benzene rings is 2. The molecule has 0 atom stereocenters. The van der Waals surface area contributed by atoms with Crippen molar-refractivity contribution >= 4 is 80.7 Å². The molecule has 0 saturated carbocycles. The van der Waals surface area contributed by atoms with Crippen molar-refractivity contribution in [2.45, 2.75) is 27.7 Å². The van der Waals surface area contributed by atoms with Crippen LogP contribution in [0.2, 0.25) is 0 Å². The van der Waals surface area contributed by atoms with Gasteiger partial charge in [0.1, 0.15) is 23.4 Å². The molecule has 6 heterocycles. The van der Waals surface area contributed by atoms with Gasteiger partial charge in [0.25, 0.3) is 0 Å². The van der Waals surface area contributed by atoms with Crippen LogP contribution in [0.15, 0.2) is 79.3 Å². The van der Waals surface area contributed by atoms with Gasteiger partial charge in [0.05, 0.1) is 48.4 Å². The van der Waals surface area contributed by atoms with Gasteiger partial charge in [0.2, 0.25) is 0 Å². The SMILES string of the molecule is C.C.Ic1cc2c(N3CCOCC3)ccnc2[nH]1.O=C(O)Cc1ccc(-c2cc3c(N4CCOCC4)ncnc3[nH]2)cc1.O=C(O)Cc1ccc(B(O)O)cc1. The monoisotopic (exact) mass is 879 g/mol. The molecule has 4 aromatic heterocycles. The number of aliphatic carboxylic acids is 2. The Morgan fingerprint density at radius 3 is 1.84 bits per heavy atom. The van der Waals surface area contributed by atoms with E-state index < -0.39 is 19.1 Å². The maximum absolute atomic E-state index is 10.8. The van der Waals surface area contributed by atoms with E-state index in [4.69, 9.17) is 29.7 Å². The molecule has 0 bridgehead atoms. The van der Waals surface area contributed by atoms with Crippen LogP contribution in [0.3, 0.4) is 0 Å². The number of rotatable bonds is 8. The summed E-state index contributed by atoms with van der Waals surface area (Å²) < 4.78 is 11.9. The van der Waals surface area contributed by atoms with E-state index in [1.807, 2.05) is 36.5 Å². The summed E-state index contributed by atoms with van der Waals surface area (Å²) in [5, 5.41) is 37.0. The van der Waals surface area contributed by atoms with Crippen molar-refractivity contribution in [3.63, 3.8) is 0 Å². The maximum Gasteiger partial charge on any atom is 0.488 e. The van der Waals surface area contributed by atoms with Crippen molar-refractivity contribution in [2.24, 2.45) is 0 Å². The van der Waals surface area contributed by atoms with Gasteiger partial charge in [-0.25, -0.2) is 15.0 Å². The topological polar surface area (TPSA) is 210 Å². The highest BCUT2D eigenvalue weighted by Crippen LogP contribution is 2.30. The number of hydrogen-bond donors (Lipinski definition) is 6. The van der Waals surface area contributed by atoms with E-state index in [2.05, 4.69) is 69.4 Å². The number of ether oxygens (including phenoxy) is 2. The van der Waals surface area contributed by atoms with Crippen LogP contribution in [-0.4, -0.2) is 117 Å². The van der Waals surface area contributed by atoms with Crippen molar-refractivity contribution in [1.82, 2.24) is 24.9 Å². The smallest absolute Gasteiger partial charge is 0.481 e. The van der Waals surface area contributed by atoms with Crippen molar-refractivity contribution in [1.29, 1.82) is 0 Å². The molecule has 296 valence electrons. The van der Waals surface area contributed by atoms with Crippen LogP contribution in [0, 0.1) is 3.70 Å². The summed E-state index contributed by atoms with van der Waals surface area (Å²) in [7, 11) is -1.50. The molecule has 6 aromatic rings. The third-order valence-corrected chi connectivity index (χ3v) is 9.38. The molecule has 2 fully saturated rings. The Morgan fingerprint density at radius 2 is 1.27 bits per heavy atom. The van der Waals surface area contributed by atoms with Crippen LogP contribution in [-0.2, 0) is 31.9 Å². The second-order valence-corrected chi connectivity index (χ2v) is 13.7. The molecule has 0 amide bonds. The van der Waals surface area contributed by atoms with E-state index >= 15 is 0 Å². The second-order valence-electron chi connectivity index (χ2n) is 12.5. The van der Waals surface area contributed by atoms with Gasteiger partial charge in [0.15, 0.2) is 0 Å². The van der Waals surface area contributed by atoms with Gasteiger partial charge in [-0.3, -0.25) is 9.59 Å². The zero-order valence-electron chi connectivity index (χ0n) is 29.2. The first-order valence-corrected chi connectivity index (χ1v) is 18.3. The Labute approximate surface area is 339 Å². The predicted octanol–water partition coefficient (Wildman–Crippen LogP) is 4.36. The van der Waals surface area contributed by atoms with Gasteiger partial charge in [0, 0.05) is 49.1 Å². The number of fused-ring (bicyclic) bond motifs is 2. The van der Waals surface area contributed by atoms with Crippen LogP contribution in [0.1, 0.15) is 26.0 Å². The quantitative estimate of drug-likeness (QED) is 0.0929. The lowest BCUT2D eigenvalue weighted by Gasteiger charge is -2.29. The number of aromatic nitrogens is 5. The molecular formula is C39H47BIN7O8. The van der Waals surface area contributed by atoms with Crippen LogP contribution in [0.25, 0.3) is 33.3 Å². The molecule has 0 radical (unpaired) electrons. The molecule has 2 aliphatic heterocycles. The fourth-order valence-corrected chi connectivity index (χ4v) is 6.70. The fourth-order valence-electron chi connectivity index (χ4n) is 6.13. The lowest BCUT2D eigenvalue weighted by Crippen LogP contribution is -2.36. The Morgan fingerprint density at radius 1 is 0.714 bits per heavy atom. The highest BCUT2D eigenvalue weighted by Gasteiger charge is 2.18. The van der Waals surface area contributed by atoms with Crippen LogP contribution in [0.5, 0.6) is 0 Å². The fraction of sp³-hybridized carbons (Fsp3) is 0.308. The van der Waals surface area contributed by atoms with E-state index in [0.29, 0.717) is 24.2 Å². The van der Waals surface area contributed by atoms with E-state index in [9.17, 15) is 9.59 Å². The molecule has 0 unspecified atom stereocenters. The van der Waals surface area contributed by atoms with Crippen LogP contribution in [0.4, 0.5) is 11.5 Å². The molecule has 0 spiro atoms. The molecule has 0 aliphatic carbocycles. The Kier molecular flexibility index (Phi) is 16.2. The molecule has 8 rings (SSSR count). The lowest BCUT2D eigenvalue weighted by molar-refractivity contribution is -0.137. The molecule has 17 heteroatoms. The molecular weight excluding hydrogens is 832 g/mol. The third kappa shape index (κ3) is 11.5. The van der Waals surface area contributed by atoms with Gasteiger partial charge >= 0.3 is 19.1 Å². The number of carbonyl (C=O) groups is 2. The van der Waals surface area contributed by atoms with Crippen LogP contribution >= 0.6 is 22.6 Å². The summed E-state index contributed by atoms with van der Waals surface area (Å²) in [6, 6.07) is 19.9. The number of pyridine rings is 1. The molecule has 56 heavy (non-hydrogen) atoms. The number of nitrogens with zero attached hydrogens (tertiary/aromatic N) is 5. The highest BCUT2D eigenvalue weighted by atomic mass is 127. The Balaban J connectivity index is 0.000000195. The number of carboxylic acid groups (broad SMARTS) is 2. The van der Waals surface area contributed by atoms with Crippen molar-refractivity contribution < 1.29 is 39.3 Å². The molecule has 2 saturated heterocycles. The first kappa shape index (κ1) is 43.7. The van der Waals surface area contributed by atoms with E-state index in [1.165, 1.54) is 23.2 Å². The van der Waals surface area contributed by atoms with Gasteiger partial charge < -0.3 is 49.5 Å². The number of carboxylic acids is 2. The number of morpholine rings is 2. The van der Waals surface area contributed by atoms with Gasteiger partial charge in [-0.1, -0.05) is 63.4 Å². The largest absolute Gasteiger partial charge is 0.488 e. The first-order valence-electron chi connectivity index (χ1n) is 17.2. The molecule has 15 nitrogen and oxygen atoms in total. The standard InChI is InChI=1S/C18H18N4O3.C11H12IN3O.C8H9BO4.2CH4/c23-16(24)9-12-1-3-13(4-2-12)15-10-14-17(21-15)19-11-20-18(14)22-5-7-25-8-6-22;12-10-7-8-9(1-2-13-11(8)14-10)15-3-5-16-6-4-15;10-8(11)5-6-1-3-7(4-2-6)9(12)13;;/h1-4,10-11H,5-9H2,(H,23,24)(H,19,20,21);1-2,7H,3-6H2,(H,13,14);1-4,12-13H,5H2,(H,10,11);2*1H4. The first-order chi connectivity index (χ1) is 26.1. The number of anilines is 2. The van der Waals surface area contributed by atoms with Crippen molar-refractivity contribution in [3.05, 3.63) is 94.1 Å². The lowest BCUT2D eigenvalue weighted by atomic mass is 9.80. The number of aromatic amines is 2. The van der Waals surface area contributed by atoms with Gasteiger partial charge in [-0.05, 0) is 62.9 Å². The normalized spacial score (nSPS) is 13.7. The van der Waals surface area contributed by atoms with Gasteiger partial charge in [-0.2, -0.15) is 0 Å². The average molecular weight is 880 g/mol. The van der Waals surface area contributed by atoms with Crippen molar-refractivity contribution in [2.75, 3.05) is 62.4 Å². The molecule has 6 N–H and O–H groups in total. The Bertz CT molecular complexity index is 2170. The minimum absolute atomic E-state index is 0. The van der Waals surface area contributed by atoms with Crippen LogP contribution < -0.4 is 15.3 Å². The second kappa shape index (κ2) is 20.7. The summed E-state index contributed by atoms with van der Waals surface area (Å²) in [5.74, 6) is -0.820. The van der Waals surface area contributed by atoms with E-state index in [1.54, 1.807) is 18.5 Å².